The van der Waals surface area contributed by atoms with Crippen molar-refractivity contribution < 1.29 is 9.15 Å². The SMILES string of the molecule is COCCNc1cnnc(NCc2ccco2)n1. The molecule has 7 heteroatoms. The molecule has 0 bridgehead atoms. The molecule has 0 aliphatic heterocycles. The van der Waals surface area contributed by atoms with Crippen LogP contribution in [0.15, 0.2) is 29.0 Å². The van der Waals surface area contributed by atoms with E-state index in [4.69, 9.17) is 9.15 Å². The highest BCUT2D eigenvalue weighted by Gasteiger charge is 2.01. The van der Waals surface area contributed by atoms with Gasteiger partial charge in [0.15, 0.2) is 5.82 Å². The largest absolute Gasteiger partial charge is 0.467 e. The second-order valence-electron chi connectivity index (χ2n) is 3.52. The Kier molecular flexibility index (Phi) is 4.48. The first-order chi connectivity index (χ1) is 8.88. The van der Waals surface area contributed by atoms with Gasteiger partial charge in [-0.3, -0.25) is 0 Å². The van der Waals surface area contributed by atoms with E-state index in [0.717, 1.165) is 5.76 Å². The third-order valence-electron chi connectivity index (χ3n) is 2.17. The summed E-state index contributed by atoms with van der Waals surface area (Å²) >= 11 is 0. The fourth-order valence-electron chi connectivity index (χ4n) is 1.32. The number of aromatic nitrogens is 3. The van der Waals surface area contributed by atoms with Crippen molar-refractivity contribution in [1.82, 2.24) is 15.2 Å². The van der Waals surface area contributed by atoms with Crippen LogP contribution in [-0.4, -0.2) is 35.4 Å². The molecular formula is C11H15N5O2. The van der Waals surface area contributed by atoms with Gasteiger partial charge in [0.2, 0.25) is 5.95 Å². The molecule has 0 aliphatic rings. The zero-order chi connectivity index (χ0) is 12.6. The fraction of sp³-hybridized carbons (Fsp3) is 0.364. The highest BCUT2D eigenvalue weighted by molar-refractivity contribution is 5.36. The third-order valence-corrected chi connectivity index (χ3v) is 2.17. The zero-order valence-corrected chi connectivity index (χ0v) is 10.1. The minimum absolute atomic E-state index is 0.453. The second kappa shape index (κ2) is 6.55. The number of nitrogens with zero attached hydrogens (tertiary/aromatic N) is 3. The summed E-state index contributed by atoms with van der Waals surface area (Å²) in [6.07, 6.45) is 3.19. The molecule has 0 aliphatic carbocycles. The smallest absolute Gasteiger partial charge is 0.245 e. The normalized spacial score (nSPS) is 10.3. The van der Waals surface area contributed by atoms with Gasteiger partial charge in [0.1, 0.15) is 5.76 Å². The third kappa shape index (κ3) is 3.70. The van der Waals surface area contributed by atoms with E-state index in [0.29, 0.717) is 31.5 Å². The first-order valence-electron chi connectivity index (χ1n) is 5.57. The molecule has 0 aromatic carbocycles. The highest BCUT2D eigenvalue weighted by Crippen LogP contribution is 2.06. The predicted octanol–water partition coefficient (Wildman–Crippen LogP) is 1.14. The monoisotopic (exact) mass is 249 g/mol. The molecule has 0 saturated carbocycles. The molecule has 0 atom stereocenters. The summed E-state index contributed by atoms with van der Waals surface area (Å²) in [5.41, 5.74) is 0. The number of nitrogens with one attached hydrogen (secondary N) is 2. The Morgan fingerprint density at radius 3 is 3.11 bits per heavy atom. The number of anilines is 2. The van der Waals surface area contributed by atoms with Gasteiger partial charge in [-0.1, -0.05) is 0 Å². The van der Waals surface area contributed by atoms with Crippen LogP contribution in [0.1, 0.15) is 5.76 Å². The van der Waals surface area contributed by atoms with E-state index in [1.807, 2.05) is 12.1 Å². The number of furan rings is 1. The lowest BCUT2D eigenvalue weighted by molar-refractivity contribution is 0.210. The maximum Gasteiger partial charge on any atom is 0.245 e. The number of methoxy groups -OCH3 is 1. The minimum atomic E-state index is 0.453. The van der Waals surface area contributed by atoms with Gasteiger partial charge in [-0.15, -0.1) is 5.10 Å². The lowest BCUT2D eigenvalue weighted by Gasteiger charge is -2.06. The van der Waals surface area contributed by atoms with E-state index in [1.54, 1.807) is 19.6 Å². The van der Waals surface area contributed by atoms with Crippen LogP contribution in [0.4, 0.5) is 11.8 Å². The Morgan fingerprint density at radius 2 is 2.33 bits per heavy atom. The van der Waals surface area contributed by atoms with E-state index < -0.39 is 0 Å². The van der Waals surface area contributed by atoms with Crippen LogP contribution in [-0.2, 0) is 11.3 Å². The molecule has 18 heavy (non-hydrogen) atoms. The maximum atomic E-state index is 5.19. The van der Waals surface area contributed by atoms with Crippen LogP contribution in [0.25, 0.3) is 0 Å². The molecule has 2 heterocycles. The standard InChI is InChI=1S/C11H15N5O2/c1-17-6-4-12-10-8-14-16-11(15-10)13-7-9-3-2-5-18-9/h2-3,5,8H,4,6-7H2,1H3,(H2,12,13,15,16). The van der Waals surface area contributed by atoms with E-state index >= 15 is 0 Å². The van der Waals surface area contributed by atoms with Crippen LogP contribution in [0.5, 0.6) is 0 Å². The van der Waals surface area contributed by atoms with E-state index in [2.05, 4.69) is 25.8 Å². The van der Waals surface area contributed by atoms with E-state index in [9.17, 15) is 0 Å². The number of rotatable bonds is 7. The molecule has 2 aromatic rings. The molecule has 96 valence electrons. The molecule has 2 N–H and O–H groups in total. The lowest BCUT2D eigenvalue weighted by atomic mass is 10.4. The van der Waals surface area contributed by atoms with Gasteiger partial charge < -0.3 is 19.8 Å². The quantitative estimate of drug-likeness (QED) is 0.711. The average molecular weight is 249 g/mol. The topological polar surface area (TPSA) is 85.1 Å². The predicted molar refractivity (Wildman–Crippen MR) is 66.2 cm³/mol. The van der Waals surface area contributed by atoms with Crippen molar-refractivity contribution in [3.05, 3.63) is 30.4 Å². The summed E-state index contributed by atoms with van der Waals surface area (Å²) in [6, 6.07) is 3.71. The summed E-state index contributed by atoms with van der Waals surface area (Å²) in [5, 5.41) is 13.8. The molecule has 2 rings (SSSR count). The van der Waals surface area contributed by atoms with Gasteiger partial charge in [-0.05, 0) is 12.1 Å². The van der Waals surface area contributed by atoms with Crippen LogP contribution in [0.2, 0.25) is 0 Å². The van der Waals surface area contributed by atoms with Gasteiger partial charge in [0.05, 0.1) is 25.6 Å². The van der Waals surface area contributed by atoms with Crippen molar-refractivity contribution in [1.29, 1.82) is 0 Å². The summed E-state index contributed by atoms with van der Waals surface area (Å²) in [5.74, 6) is 1.93. The van der Waals surface area contributed by atoms with E-state index in [-0.39, 0.29) is 0 Å². The van der Waals surface area contributed by atoms with Crippen molar-refractivity contribution in [3.63, 3.8) is 0 Å². The van der Waals surface area contributed by atoms with Crippen LogP contribution in [0.3, 0.4) is 0 Å². The second-order valence-corrected chi connectivity index (χ2v) is 3.52. The molecular weight excluding hydrogens is 234 g/mol. The summed E-state index contributed by atoms with van der Waals surface area (Å²) in [6.45, 7) is 1.81. The zero-order valence-electron chi connectivity index (χ0n) is 10.1. The summed E-state index contributed by atoms with van der Waals surface area (Å²) < 4.78 is 10.1. The van der Waals surface area contributed by atoms with Crippen molar-refractivity contribution in [2.75, 3.05) is 30.9 Å². The molecule has 2 aromatic heterocycles. The molecule has 0 fully saturated rings. The summed E-state index contributed by atoms with van der Waals surface area (Å²) in [4.78, 5) is 4.25. The Balaban J connectivity index is 1.86. The average Bonchev–Trinajstić information content (AvgIpc) is 2.90. The van der Waals surface area contributed by atoms with Gasteiger partial charge in [0, 0.05) is 13.7 Å². The molecule has 0 spiro atoms. The maximum absolute atomic E-state index is 5.19. The Labute approximate surface area is 105 Å². The Bertz CT molecular complexity index is 460. The van der Waals surface area contributed by atoms with Crippen molar-refractivity contribution in [3.8, 4) is 0 Å². The molecule has 0 radical (unpaired) electrons. The van der Waals surface area contributed by atoms with Crippen LogP contribution in [0, 0.1) is 0 Å². The molecule has 7 nitrogen and oxygen atoms in total. The van der Waals surface area contributed by atoms with Crippen LogP contribution < -0.4 is 10.6 Å². The van der Waals surface area contributed by atoms with Gasteiger partial charge in [0.25, 0.3) is 0 Å². The van der Waals surface area contributed by atoms with Gasteiger partial charge in [-0.2, -0.15) is 10.1 Å². The molecule has 0 unspecified atom stereocenters. The first-order valence-corrected chi connectivity index (χ1v) is 5.57. The van der Waals surface area contributed by atoms with Gasteiger partial charge in [-0.25, -0.2) is 0 Å². The van der Waals surface area contributed by atoms with Gasteiger partial charge >= 0.3 is 0 Å². The number of hydrogen-bond donors (Lipinski definition) is 2. The number of ether oxygens (including phenoxy) is 1. The molecule has 0 amide bonds. The minimum Gasteiger partial charge on any atom is -0.467 e. The van der Waals surface area contributed by atoms with Crippen molar-refractivity contribution in [2.45, 2.75) is 6.54 Å². The fourth-order valence-corrected chi connectivity index (χ4v) is 1.32. The summed E-state index contributed by atoms with van der Waals surface area (Å²) in [7, 11) is 1.65. The Hall–Kier alpha value is -2.15. The number of hydrogen-bond acceptors (Lipinski definition) is 7. The van der Waals surface area contributed by atoms with Crippen molar-refractivity contribution >= 4 is 11.8 Å². The lowest BCUT2D eigenvalue weighted by Crippen LogP contribution is -2.11. The van der Waals surface area contributed by atoms with E-state index in [1.165, 1.54) is 0 Å². The molecule has 0 saturated heterocycles. The van der Waals surface area contributed by atoms with Crippen molar-refractivity contribution in [2.24, 2.45) is 0 Å². The first kappa shape index (κ1) is 12.3. The highest BCUT2D eigenvalue weighted by atomic mass is 16.5. The van der Waals surface area contributed by atoms with Crippen LogP contribution >= 0.6 is 0 Å². The Morgan fingerprint density at radius 1 is 1.39 bits per heavy atom.